The Morgan fingerprint density at radius 1 is 1.23 bits per heavy atom. The van der Waals surface area contributed by atoms with E-state index in [0.29, 0.717) is 29.6 Å². The van der Waals surface area contributed by atoms with Crippen molar-refractivity contribution in [1.82, 2.24) is 14.9 Å². The molecular weight excluding hydrogens is 401 g/mol. The van der Waals surface area contributed by atoms with Gasteiger partial charge in [-0.05, 0) is 31.5 Å². The highest BCUT2D eigenvalue weighted by Crippen LogP contribution is 2.43. The quantitative estimate of drug-likeness (QED) is 0.814. The summed E-state index contributed by atoms with van der Waals surface area (Å²) in [6.07, 6.45) is -3.05. The van der Waals surface area contributed by atoms with Crippen LogP contribution in [-0.2, 0) is 0 Å². The summed E-state index contributed by atoms with van der Waals surface area (Å²) in [6.45, 7) is 2.30. The fourth-order valence-electron chi connectivity index (χ4n) is 3.89. The molecule has 7 nitrogen and oxygen atoms in total. The van der Waals surface area contributed by atoms with Gasteiger partial charge in [-0.25, -0.2) is 9.97 Å². The predicted molar refractivity (Wildman–Crippen MR) is 102 cm³/mol. The highest BCUT2D eigenvalue weighted by atomic mass is 19.4. The molecule has 1 amide bonds. The largest absolute Gasteiger partial charge is 0.454 e. The summed E-state index contributed by atoms with van der Waals surface area (Å²) in [5.74, 6) is -1.60. The number of carbonyl (C=O) groups excluding carboxylic acids is 1. The van der Waals surface area contributed by atoms with E-state index in [4.69, 9.17) is 9.47 Å². The average Bonchev–Trinajstić information content (AvgIpc) is 3.20. The molecule has 2 aliphatic rings. The molecule has 3 heterocycles. The number of anilines is 1. The van der Waals surface area contributed by atoms with Crippen LogP contribution in [0.4, 0.5) is 19.0 Å². The average molecular weight is 422 g/mol. The number of ether oxygens (including phenoxy) is 2. The summed E-state index contributed by atoms with van der Waals surface area (Å²) in [7, 11) is 0. The standard InChI is InChI=1S/C20H21F3N4O3/c1-2-24-18-8-15(25-10-26-18)13-5-6-27(9-14(13)20(21,22)23)19(28)12-3-4-16-17(7-12)30-11-29-16/h3-4,7-8,10,13-14H,2,5-6,9,11H2,1H3,(H,24,25,26). The summed E-state index contributed by atoms with van der Waals surface area (Å²) < 4.78 is 52.2. The summed E-state index contributed by atoms with van der Waals surface area (Å²) in [6, 6.07) is 6.19. The third kappa shape index (κ3) is 3.99. The molecule has 0 aliphatic carbocycles. The number of alkyl halides is 3. The van der Waals surface area contributed by atoms with Crippen LogP contribution in [0.3, 0.4) is 0 Å². The molecule has 160 valence electrons. The molecule has 2 aliphatic heterocycles. The summed E-state index contributed by atoms with van der Waals surface area (Å²) in [4.78, 5) is 22.3. The molecule has 2 unspecified atom stereocenters. The Morgan fingerprint density at radius 3 is 2.80 bits per heavy atom. The monoisotopic (exact) mass is 422 g/mol. The summed E-state index contributed by atoms with van der Waals surface area (Å²) in [5, 5.41) is 2.99. The first-order valence-corrected chi connectivity index (χ1v) is 9.68. The van der Waals surface area contributed by atoms with Crippen LogP contribution in [0.5, 0.6) is 11.5 Å². The molecule has 1 fully saturated rings. The number of hydrogen-bond donors (Lipinski definition) is 1. The summed E-state index contributed by atoms with van der Waals surface area (Å²) in [5.41, 5.74) is 0.605. The maximum absolute atomic E-state index is 13.9. The highest BCUT2D eigenvalue weighted by molar-refractivity contribution is 5.95. The number of halogens is 3. The van der Waals surface area contributed by atoms with E-state index in [1.165, 1.54) is 23.4 Å². The molecule has 1 saturated heterocycles. The Labute approximate surface area is 171 Å². The Morgan fingerprint density at radius 2 is 2.03 bits per heavy atom. The van der Waals surface area contributed by atoms with Crippen LogP contribution in [0.15, 0.2) is 30.6 Å². The van der Waals surface area contributed by atoms with Gasteiger partial charge in [-0.2, -0.15) is 13.2 Å². The van der Waals surface area contributed by atoms with Crippen molar-refractivity contribution in [3.05, 3.63) is 41.9 Å². The molecule has 0 bridgehead atoms. The van der Waals surface area contributed by atoms with Gasteiger partial charge in [-0.3, -0.25) is 4.79 Å². The van der Waals surface area contributed by atoms with Crippen LogP contribution in [0.25, 0.3) is 0 Å². The Balaban J connectivity index is 1.56. The lowest BCUT2D eigenvalue weighted by Crippen LogP contribution is -2.48. The van der Waals surface area contributed by atoms with Crippen molar-refractivity contribution in [2.75, 3.05) is 31.7 Å². The molecule has 30 heavy (non-hydrogen) atoms. The zero-order chi connectivity index (χ0) is 21.3. The number of carbonyl (C=O) groups is 1. The van der Waals surface area contributed by atoms with Gasteiger partial charge in [0.1, 0.15) is 12.1 Å². The van der Waals surface area contributed by atoms with Crippen molar-refractivity contribution in [2.45, 2.75) is 25.4 Å². The highest BCUT2D eigenvalue weighted by Gasteiger charge is 2.49. The molecule has 2 atom stereocenters. The molecule has 2 aromatic rings. The van der Waals surface area contributed by atoms with E-state index in [0.717, 1.165) is 0 Å². The second kappa shape index (κ2) is 8.00. The van der Waals surface area contributed by atoms with Crippen LogP contribution in [0.2, 0.25) is 0 Å². The van der Waals surface area contributed by atoms with Crippen molar-refractivity contribution in [3.8, 4) is 11.5 Å². The van der Waals surface area contributed by atoms with E-state index in [-0.39, 0.29) is 25.3 Å². The number of likely N-dealkylation sites (tertiary alicyclic amines) is 1. The number of aromatic nitrogens is 2. The van der Waals surface area contributed by atoms with Crippen LogP contribution < -0.4 is 14.8 Å². The molecular formula is C20H21F3N4O3. The Hall–Kier alpha value is -3.04. The predicted octanol–water partition coefficient (Wildman–Crippen LogP) is 3.45. The first-order valence-electron chi connectivity index (χ1n) is 9.68. The molecule has 1 aromatic heterocycles. The first kappa shape index (κ1) is 20.2. The Bertz CT molecular complexity index is 938. The van der Waals surface area contributed by atoms with Crippen molar-refractivity contribution in [2.24, 2.45) is 5.92 Å². The molecule has 1 N–H and O–H groups in total. The molecule has 4 rings (SSSR count). The second-order valence-corrected chi connectivity index (χ2v) is 7.22. The van der Waals surface area contributed by atoms with Gasteiger partial charge in [0.15, 0.2) is 11.5 Å². The lowest BCUT2D eigenvalue weighted by atomic mass is 9.82. The van der Waals surface area contributed by atoms with Gasteiger partial charge >= 0.3 is 6.18 Å². The van der Waals surface area contributed by atoms with Gasteiger partial charge in [0.25, 0.3) is 5.91 Å². The maximum Gasteiger partial charge on any atom is 0.394 e. The van der Waals surface area contributed by atoms with E-state index in [1.54, 1.807) is 12.1 Å². The van der Waals surface area contributed by atoms with Gasteiger partial charge in [0, 0.05) is 42.9 Å². The van der Waals surface area contributed by atoms with E-state index < -0.39 is 30.5 Å². The van der Waals surface area contributed by atoms with E-state index in [2.05, 4.69) is 15.3 Å². The zero-order valence-electron chi connectivity index (χ0n) is 16.3. The van der Waals surface area contributed by atoms with Gasteiger partial charge in [-0.1, -0.05) is 0 Å². The van der Waals surface area contributed by atoms with Crippen molar-refractivity contribution in [3.63, 3.8) is 0 Å². The van der Waals surface area contributed by atoms with Crippen molar-refractivity contribution < 1.29 is 27.4 Å². The number of amides is 1. The Kier molecular flexibility index (Phi) is 5.40. The third-order valence-electron chi connectivity index (χ3n) is 5.37. The minimum absolute atomic E-state index is 0.0579. The van der Waals surface area contributed by atoms with Gasteiger partial charge < -0.3 is 19.7 Å². The molecule has 0 spiro atoms. The topological polar surface area (TPSA) is 76.6 Å². The first-order chi connectivity index (χ1) is 14.4. The SMILES string of the molecule is CCNc1cc(C2CCN(C(=O)c3ccc4c(c3)OCO4)CC2C(F)(F)F)ncn1. The van der Waals surface area contributed by atoms with Gasteiger partial charge in [0.2, 0.25) is 6.79 Å². The lowest BCUT2D eigenvalue weighted by molar-refractivity contribution is -0.190. The third-order valence-corrected chi connectivity index (χ3v) is 5.37. The van der Waals surface area contributed by atoms with Crippen LogP contribution in [0.1, 0.15) is 35.3 Å². The lowest BCUT2D eigenvalue weighted by Gasteiger charge is -2.39. The molecule has 0 radical (unpaired) electrons. The smallest absolute Gasteiger partial charge is 0.394 e. The number of nitrogens with one attached hydrogen (secondary N) is 1. The number of fused-ring (bicyclic) bond motifs is 1. The fourth-order valence-corrected chi connectivity index (χ4v) is 3.89. The number of nitrogens with zero attached hydrogens (tertiary/aromatic N) is 3. The van der Waals surface area contributed by atoms with E-state index in [9.17, 15) is 18.0 Å². The number of hydrogen-bond acceptors (Lipinski definition) is 6. The minimum atomic E-state index is -4.47. The normalized spacial score (nSPS) is 20.9. The van der Waals surface area contributed by atoms with Crippen molar-refractivity contribution in [1.29, 1.82) is 0 Å². The number of rotatable bonds is 4. The number of piperidine rings is 1. The number of benzene rings is 1. The van der Waals surface area contributed by atoms with Crippen LogP contribution in [-0.4, -0.2) is 53.4 Å². The van der Waals surface area contributed by atoms with E-state index in [1.807, 2.05) is 6.92 Å². The summed E-state index contributed by atoms with van der Waals surface area (Å²) >= 11 is 0. The second-order valence-electron chi connectivity index (χ2n) is 7.22. The van der Waals surface area contributed by atoms with Crippen LogP contribution in [0, 0.1) is 5.92 Å². The van der Waals surface area contributed by atoms with Crippen LogP contribution >= 0.6 is 0 Å². The molecule has 0 saturated carbocycles. The van der Waals surface area contributed by atoms with E-state index >= 15 is 0 Å². The fraction of sp³-hybridized carbons (Fsp3) is 0.450. The molecule has 10 heteroatoms. The van der Waals surface area contributed by atoms with Crippen molar-refractivity contribution >= 4 is 11.7 Å². The minimum Gasteiger partial charge on any atom is -0.454 e. The van der Waals surface area contributed by atoms with Gasteiger partial charge in [0.05, 0.1) is 5.92 Å². The molecule has 1 aromatic carbocycles. The van der Waals surface area contributed by atoms with Gasteiger partial charge in [-0.15, -0.1) is 0 Å². The zero-order valence-corrected chi connectivity index (χ0v) is 16.3. The maximum atomic E-state index is 13.9.